The largest absolute Gasteiger partial charge is 0.481 e. The summed E-state index contributed by atoms with van der Waals surface area (Å²) in [5.41, 5.74) is 7.33. The van der Waals surface area contributed by atoms with Gasteiger partial charge in [0.15, 0.2) is 0 Å². The maximum atomic E-state index is 13.0. The Morgan fingerprint density at radius 3 is 1.21 bits per heavy atom. The van der Waals surface area contributed by atoms with Gasteiger partial charge in [-0.1, -0.05) is 110 Å². The van der Waals surface area contributed by atoms with Crippen molar-refractivity contribution < 1.29 is 57.6 Å². The van der Waals surface area contributed by atoms with Gasteiger partial charge < -0.3 is 28.8 Å². The van der Waals surface area contributed by atoms with E-state index in [1.54, 1.807) is 41.5 Å². The highest BCUT2D eigenvalue weighted by molar-refractivity contribution is 5.84. The van der Waals surface area contributed by atoms with Crippen LogP contribution < -0.4 is 0 Å². The number of likely N-dealkylation sites (N-methyl/N-ethyl adjacent to an activating group) is 2. The maximum Gasteiger partial charge on any atom is 0.410 e. The molecule has 1 N–H and O–H groups in total. The first-order chi connectivity index (χ1) is 31.7. The topological polar surface area (TPSA) is 175 Å². The Hall–Kier alpha value is -6.96. The third kappa shape index (κ3) is 13.6. The van der Waals surface area contributed by atoms with Crippen LogP contribution in [0.1, 0.15) is 101 Å². The second kappa shape index (κ2) is 22.5. The van der Waals surface area contributed by atoms with E-state index in [4.69, 9.17) is 28.8 Å². The van der Waals surface area contributed by atoms with E-state index >= 15 is 0 Å². The molecule has 0 unspecified atom stereocenters. The monoisotopic (exact) mass is 918 g/mol. The van der Waals surface area contributed by atoms with Crippen molar-refractivity contribution in [3.63, 3.8) is 0 Å². The first-order valence-corrected chi connectivity index (χ1v) is 22.3. The molecule has 2 aliphatic rings. The molecule has 356 valence electrons. The molecule has 2 atom stereocenters. The summed E-state index contributed by atoms with van der Waals surface area (Å²) >= 11 is 0. The summed E-state index contributed by atoms with van der Waals surface area (Å²) in [6.07, 6.45) is -0.248. The first kappa shape index (κ1) is 51.0. The fourth-order valence-electron chi connectivity index (χ4n) is 8.06. The Morgan fingerprint density at radius 1 is 0.567 bits per heavy atom. The Bertz CT molecular complexity index is 2340. The molecule has 0 aliphatic heterocycles. The molecule has 0 saturated heterocycles. The van der Waals surface area contributed by atoms with Crippen molar-refractivity contribution in [1.82, 2.24) is 9.80 Å². The highest BCUT2D eigenvalue weighted by atomic mass is 16.6. The van der Waals surface area contributed by atoms with Gasteiger partial charge in [-0.3, -0.25) is 19.4 Å². The molecule has 6 rings (SSSR count). The van der Waals surface area contributed by atoms with Crippen LogP contribution in [-0.2, 0) is 42.9 Å². The number of rotatable bonds is 16. The number of benzene rings is 4. The van der Waals surface area contributed by atoms with Crippen molar-refractivity contribution in [2.24, 2.45) is 0 Å². The van der Waals surface area contributed by atoms with Crippen LogP contribution in [0, 0.1) is 0 Å². The van der Waals surface area contributed by atoms with Crippen molar-refractivity contribution in [1.29, 1.82) is 0 Å². The van der Waals surface area contributed by atoms with Crippen LogP contribution >= 0.6 is 0 Å². The summed E-state index contributed by atoms with van der Waals surface area (Å²) in [4.78, 5) is 76.7. The minimum atomic E-state index is -1.06. The highest BCUT2D eigenvalue weighted by Gasteiger charge is 2.36. The lowest BCUT2D eigenvalue weighted by Gasteiger charge is -2.29. The first-order valence-electron chi connectivity index (χ1n) is 22.3. The molecule has 0 saturated carbocycles. The van der Waals surface area contributed by atoms with Crippen LogP contribution in [0.5, 0.6) is 0 Å². The molecular formula is C53H62N2O12. The third-order valence-corrected chi connectivity index (χ3v) is 11.2. The van der Waals surface area contributed by atoms with Crippen molar-refractivity contribution in [3.8, 4) is 22.3 Å². The molecule has 14 heteroatoms. The number of hydrogen-bond acceptors (Lipinski definition) is 11. The van der Waals surface area contributed by atoms with Crippen molar-refractivity contribution in [3.05, 3.63) is 132 Å². The lowest BCUT2D eigenvalue weighted by Crippen LogP contribution is -2.46. The Kier molecular flexibility index (Phi) is 17.1. The molecule has 14 nitrogen and oxygen atoms in total. The number of esters is 3. The number of nitrogens with zero attached hydrogens (tertiary/aromatic N) is 2. The van der Waals surface area contributed by atoms with Crippen molar-refractivity contribution in [2.45, 2.75) is 102 Å². The molecule has 2 aliphatic carbocycles. The van der Waals surface area contributed by atoms with Gasteiger partial charge >= 0.3 is 36.1 Å². The van der Waals surface area contributed by atoms with E-state index in [9.17, 15) is 28.8 Å². The zero-order chi connectivity index (χ0) is 49.1. The normalized spacial score (nSPS) is 13.4. The number of hydrogen-bond donors (Lipinski definition) is 1. The molecule has 2 amide bonds. The summed E-state index contributed by atoms with van der Waals surface area (Å²) in [7, 11) is 2.90. The molecule has 67 heavy (non-hydrogen) atoms. The van der Waals surface area contributed by atoms with E-state index < -0.39 is 59.3 Å². The third-order valence-electron chi connectivity index (χ3n) is 11.2. The van der Waals surface area contributed by atoms with Gasteiger partial charge in [0, 0.05) is 38.8 Å². The number of ether oxygens (including phenoxy) is 5. The minimum Gasteiger partial charge on any atom is -0.481 e. The van der Waals surface area contributed by atoms with Crippen molar-refractivity contribution >= 4 is 36.1 Å². The van der Waals surface area contributed by atoms with E-state index in [0.29, 0.717) is 0 Å². The molecule has 0 spiro atoms. The van der Waals surface area contributed by atoms with Crippen molar-refractivity contribution in [2.75, 3.05) is 33.9 Å². The van der Waals surface area contributed by atoms with E-state index in [0.717, 1.165) is 49.4 Å². The average molecular weight is 919 g/mol. The molecular weight excluding hydrogens is 857 g/mol. The Balaban J connectivity index is 0.000000252. The molecule has 4 aromatic rings. The molecule has 0 aromatic heterocycles. The number of aliphatic carboxylic acids is 1. The van der Waals surface area contributed by atoms with E-state index in [1.807, 2.05) is 84.9 Å². The fourth-order valence-corrected chi connectivity index (χ4v) is 8.06. The molecule has 0 bridgehead atoms. The van der Waals surface area contributed by atoms with E-state index in [-0.39, 0.29) is 57.3 Å². The number of carboxylic acid groups (broad SMARTS) is 1. The van der Waals surface area contributed by atoms with Gasteiger partial charge in [0.25, 0.3) is 0 Å². The minimum absolute atomic E-state index is 0.0472. The van der Waals surface area contributed by atoms with Crippen LogP contribution in [0.15, 0.2) is 110 Å². The number of fused-ring (bicyclic) bond motifs is 6. The summed E-state index contributed by atoms with van der Waals surface area (Å²) < 4.78 is 27.2. The summed E-state index contributed by atoms with van der Waals surface area (Å²) in [6, 6.07) is 30.1. The Morgan fingerprint density at radius 2 is 0.896 bits per heavy atom. The summed E-state index contributed by atoms with van der Waals surface area (Å²) in [5, 5.41) is 9.04. The summed E-state index contributed by atoms with van der Waals surface area (Å²) in [5.74, 6) is -3.02. The van der Waals surface area contributed by atoms with Crippen LogP contribution in [-0.4, -0.2) is 108 Å². The number of carbonyl (C=O) groups excluding carboxylic acids is 5. The lowest BCUT2D eigenvalue weighted by molar-refractivity contribution is -0.162. The van der Waals surface area contributed by atoms with E-state index in [2.05, 4.69) is 18.7 Å². The predicted octanol–water partition coefficient (Wildman–Crippen LogP) is 9.53. The van der Waals surface area contributed by atoms with Gasteiger partial charge in [-0.2, -0.15) is 0 Å². The molecule has 4 aromatic carbocycles. The number of carbonyl (C=O) groups is 6. The number of carboxylic acids is 1. The van der Waals surface area contributed by atoms with Crippen LogP contribution in [0.25, 0.3) is 22.3 Å². The van der Waals surface area contributed by atoms with E-state index in [1.165, 1.54) is 25.1 Å². The average Bonchev–Trinajstić information content (AvgIpc) is 3.77. The highest BCUT2D eigenvalue weighted by Crippen LogP contribution is 2.46. The quantitative estimate of drug-likeness (QED) is 0.0641. The standard InChI is InChI=1S/C28H33NO6.C25H29NO6/c1-6-17-33-25(30)16-15-24(26(31)35-28(2,3)4)29(5)27(32)34-18-23-21-13-9-7-11-19(21)20-12-8-10-14-22(20)23;1-25(2,3)32-23(29)21(13-14-22(27)28)26(4)24(30)31-15-20-18-11-7-5-9-16(18)17-10-6-8-12-19(17)20/h6-14,23-24H,1,15-18H2,2-5H3;5-12,20-21H,13-15H2,1-4H3,(H,27,28)/t24-;21-/m00/s1. The smallest absolute Gasteiger partial charge is 0.410 e. The second-order valence-electron chi connectivity index (χ2n) is 18.4. The van der Waals surface area contributed by atoms with Gasteiger partial charge in [0.2, 0.25) is 0 Å². The second-order valence-corrected chi connectivity index (χ2v) is 18.4. The van der Waals surface area contributed by atoms with Crippen LogP contribution in [0.2, 0.25) is 0 Å². The SMILES string of the molecule is C=CCOC(=O)CC[C@@H](C(=O)OC(C)(C)C)N(C)C(=O)OCC1c2ccccc2-c2ccccc21.CN(C(=O)OCC1c2ccccc2-c2ccccc21)[C@@H](CCC(=O)O)C(=O)OC(C)(C)C. The van der Waals surface area contributed by atoms with Gasteiger partial charge in [-0.25, -0.2) is 19.2 Å². The predicted molar refractivity (Wildman–Crippen MR) is 252 cm³/mol. The fraction of sp³-hybridized carbons (Fsp3) is 0.396. The van der Waals surface area contributed by atoms with Gasteiger partial charge in [-0.15, -0.1) is 0 Å². The van der Waals surface area contributed by atoms with Crippen LogP contribution in [0.4, 0.5) is 9.59 Å². The maximum absolute atomic E-state index is 13.0. The molecule has 0 radical (unpaired) electrons. The summed E-state index contributed by atoms with van der Waals surface area (Å²) in [6.45, 7) is 14.2. The zero-order valence-corrected chi connectivity index (χ0v) is 39.6. The zero-order valence-electron chi connectivity index (χ0n) is 39.6. The van der Waals surface area contributed by atoms with Gasteiger partial charge in [0.05, 0.1) is 0 Å². The molecule has 0 fully saturated rings. The van der Waals surface area contributed by atoms with Crippen LogP contribution in [0.3, 0.4) is 0 Å². The lowest BCUT2D eigenvalue weighted by atomic mass is 9.98. The van der Waals surface area contributed by atoms with Gasteiger partial charge in [-0.05, 0) is 98.9 Å². The number of amides is 2. The van der Waals surface area contributed by atoms with Gasteiger partial charge in [0.1, 0.15) is 43.1 Å². The Labute approximate surface area is 392 Å². The molecule has 0 heterocycles.